The second-order valence-corrected chi connectivity index (χ2v) is 6.02. The van der Waals surface area contributed by atoms with Crippen LogP contribution in [0, 0.1) is 0 Å². The monoisotopic (exact) mass is 372 g/mol. The molecular weight excluding hydrogens is 356 g/mol. The van der Waals surface area contributed by atoms with Crippen molar-refractivity contribution in [3.05, 3.63) is 84.6 Å². The number of nitrogens with one attached hydrogen (secondary N) is 2. The zero-order valence-electron chi connectivity index (χ0n) is 14.7. The summed E-state index contributed by atoms with van der Waals surface area (Å²) in [5.74, 6) is -1.03. The van der Waals surface area contributed by atoms with Crippen LogP contribution in [-0.4, -0.2) is 26.6 Å². The minimum Gasteiger partial charge on any atom is -0.493 e. The molecule has 4 aromatic rings. The lowest BCUT2D eigenvalue weighted by molar-refractivity contribution is 0.102. The minimum absolute atomic E-state index is 0.0670. The molecule has 0 saturated carbocycles. The molecule has 138 valence electrons. The van der Waals surface area contributed by atoms with Crippen molar-refractivity contribution >= 4 is 34.3 Å². The lowest BCUT2D eigenvalue weighted by Gasteiger charge is -2.08. The second kappa shape index (κ2) is 7.24. The van der Waals surface area contributed by atoms with Crippen molar-refractivity contribution in [2.45, 2.75) is 0 Å². The molecule has 0 radical (unpaired) electrons. The van der Waals surface area contributed by atoms with E-state index in [9.17, 15) is 14.7 Å². The molecular formula is C21H16N4O3. The Kier molecular flexibility index (Phi) is 4.47. The van der Waals surface area contributed by atoms with E-state index >= 15 is 0 Å². The number of hydrogen-bond donors (Lipinski definition) is 3. The van der Waals surface area contributed by atoms with Crippen molar-refractivity contribution in [1.82, 2.24) is 9.55 Å². The number of para-hydroxylation sites is 2. The highest BCUT2D eigenvalue weighted by molar-refractivity contribution is 6.16. The number of aromatic nitrogens is 2. The van der Waals surface area contributed by atoms with Crippen LogP contribution in [-0.2, 0) is 0 Å². The van der Waals surface area contributed by atoms with Crippen LogP contribution in [0.1, 0.15) is 10.4 Å². The fraction of sp³-hybridized carbons (Fsp3) is 0. The molecule has 0 aliphatic carbocycles. The van der Waals surface area contributed by atoms with Gasteiger partial charge in [0.25, 0.3) is 5.91 Å². The Morgan fingerprint density at radius 1 is 0.821 bits per heavy atom. The number of rotatable bonds is 3. The first-order valence-corrected chi connectivity index (χ1v) is 8.56. The van der Waals surface area contributed by atoms with E-state index in [1.54, 1.807) is 60.7 Å². The summed E-state index contributed by atoms with van der Waals surface area (Å²) in [6, 6.07) is 20.3. The first-order valence-electron chi connectivity index (χ1n) is 8.56. The molecule has 0 aliphatic rings. The van der Waals surface area contributed by atoms with Gasteiger partial charge in [0, 0.05) is 17.6 Å². The van der Waals surface area contributed by atoms with Gasteiger partial charge in [0.15, 0.2) is 0 Å². The standard InChI is InChI=1S/C21H16N4O3/c26-19(23-14-8-3-1-4-9-14)17-18-16(12-7-13-22-18)25(20(17)27)21(28)24-15-10-5-2-6-11-15/h1-13,27H,(H,23,26)(H,24,28). The Bertz CT molecular complexity index is 1060. The van der Waals surface area contributed by atoms with Crippen molar-refractivity contribution in [1.29, 1.82) is 0 Å². The van der Waals surface area contributed by atoms with Gasteiger partial charge in [-0.25, -0.2) is 9.36 Å². The molecule has 0 fully saturated rings. The zero-order valence-corrected chi connectivity index (χ0v) is 14.7. The fourth-order valence-electron chi connectivity index (χ4n) is 2.93. The van der Waals surface area contributed by atoms with Gasteiger partial charge in [-0.15, -0.1) is 0 Å². The average molecular weight is 372 g/mol. The van der Waals surface area contributed by atoms with Crippen LogP contribution in [0.3, 0.4) is 0 Å². The SMILES string of the molecule is O=C(Nc1ccccc1)c1c(O)n(C(=O)Nc2ccccc2)c2cccnc12. The highest BCUT2D eigenvalue weighted by Crippen LogP contribution is 2.30. The molecule has 2 heterocycles. The van der Waals surface area contributed by atoms with Crippen LogP contribution in [0.2, 0.25) is 0 Å². The second-order valence-electron chi connectivity index (χ2n) is 6.02. The van der Waals surface area contributed by atoms with Gasteiger partial charge in [0.2, 0.25) is 5.88 Å². The largest absolute Gasteiger partial charge is 0.493 e. The molecule has 0 unspecified atom stereocenters. The number of fused-ring (bicyclic) bond motifs is 1. The quantitative estimate of drug-likeness (QED) is 0.505. The lowest BCUT2D eigenvalue weighted by atomic mass is 10.2. The molecule has 7 nitrogen and oxygen atoms in total. The summed E-state index contributed by atoms with van der Waals surface area (Å²) in [4.78, 5) is 29.8. The Hall–Kier alpha value is -4.13. The molecule has 0 atom stereocenters. The molecule has 0 spiro atoms. The molecule has 3 N–H and O–H groups in total. The maximum absolute atomic E-state index is 12.8. The predicted octanol–water partition coefficient (Wildman–Crippen LogP) is 4.07. The van der Waals surface area contributed by atoms with E-state index in [0.717, 1.165) is 4.57 Å². The Morgan fingerprint density at radius 2 is 1.43 bits per heavy atom. The van der Waals surface area contributed by atoms with E-state index in [4.69, 9.17) is 0 Å². The topological polar surface area (TPSA) is 96.2 Å². The molecule has 0 saturated heterocycles. The molecule has 2 aromatic carbocycles. The molecule has 4 rings (SSSR count). The predicted molar refractivity (Wildman–Crippen MR) is 107 cm³/mol. The highest BCUT2D eigenvalue weighted by atomic mass is 16.3. The van der Waals surface area contributed by atoms with E-state index in [2.05, 4.69) is 15.6 Å². The van der Waals surface area contributed by atoms with Gasteiger partial charge in [-0.05, 0) is 36.4 Å². The summed E-state index contributed by atoms with van der Waals surface area (Å²) in [5, 5.41) is 16.1. The number of aromatic hydroxyl groups is 1. The first-order chi connectivity index (χ1) is 13.6. The van der Waals surface area contributed by atoms with Gasteiger partial charge >= 0.3 is 6.03 Å². The van der Waals surface area contributed by atoms with E-state index in [1.807, 2.05) is 12.1 Å². The third kappa shape index (κ3) is 3.16. The summed E-state index contributed by atoms with van der Waals surface area (Å²) >= 11 is 0. The minimum atomic E-state index is -0.597. The number of carbonyl (C=O) groups excluding carboxylic acids is 2. The Morgan fingerprint density at radius 3 is 2.07 bits per heavy atom. The normalized spacial score (nSPS) is 10.6. The lowest BCUT2D eigenvalue weighted by Crippen LogP contribution is -2.19. The van der Waals surface area contributed by atoms with Crippen molar-refractivity contribution < 1.29 is 14.7 Å². The van der Waals surface area contributed by atoms with Crippen LogP contribution in [0.4, 0.5) is 16.2 Å². The Labute approximate surface area is 160 Å². The number of pyridine rings is 1. The fourth-order valence-corrected chi connectivity index (χ4v) is 2.93. The Balaban J connectivity index is 1.75. The van der Waals surface area contributed by atoms with Crippen LogP contribution in [0.25, 0.3) is 11.0 Å². The maximum Gasteiger partial charge on any atom is 0.333 e. The molecule has 2 amide bonds. The first kappa shape index (κ1) is 17.3. The third-order valence-electron chi connectivity index (χ3n) is 4.19. The van der Waals surface area contributed by atoms with Crippen LogP contribution in [0.15, 0.2) is 79.0 Å². The number of amides is 2. The van der Waals surface area contributed by atoms with Gasteiger partial charge in [0.1, 0.15) is 11.1 Å². The third-order valence-corrected chi connectivity index (χ3v) is 4.19. The molecule has 0 bridgehead atoms. The van der Waals surface area contributed by atoms with Gasteiger partial charge in [-0.3, -0.25) is 9.78 Å². The summed E-state index contributed by atoms with van der Waals surface area (Å²) in [6.45, 7) is 0. The van der Waals surface area contributed by atoms with Crippen molar-refractivity contribution in [2.24, 2.45) is 0 Å². The molecule has 0 aliphatic heterocycles. The number of anilines is 2. The van der Waals surface area contributed by atoms with Gasteiger partial charge in [0.05, 0.1) is 5.52 Å². The van der Waals surface area contributed by atoms with Crippen molar-refractivity contribution in [2.75, 3.05) is 10.6 Å². The summed E-state index contributed by atoms with van der Waals surface area (Å²) in [5.41, 5.74) is 1.62. The van der Waals surface area contributed by atoms with Crippen LogP contribution in [0.5, 0.6) is 5.88 Å². The van der Waals surface area contributed by atoms with E-state index in [1.165, 1.54) is 6.20 Å². The van der Waals surface area contributed by atoms with Gasteiger partial charge < -0.3 is 15.7 Å². The number of nitrogens with zero attached hydrogens (tertiary/aromatic N) is 2. The summed E-state index contributed by atoms with van der Waals surface area (Å²) in [6.07, 6.45) is 1.50. The number of hydrogen-bond acceptors (Lipinski definition) is 4. The highest BCUT2D eigenvalue weighted by Gasteiger charge is 2.26. The van der Waals surface area contributed by atoms with Crippen molar-refractivity contribution in [3.8, 4) is 5.88 Å². The van der Waals surface area contributed by atoms with Crippen molar-refractivity contribution in [3.63, 3.8) is 0 Å². The molecule has 2 aromatic heterocycles. The number of benzene rings is 2. The van der Waals surface area contributed by atoms with Gasteiger partial charge in [-0.2, -0.15) is 0 Å². The maximum atomic E-state index is 12.8. The number of carbonyl (C=O) groups is 2. The van der Waals surface area contributed by atoms with E-state index < -0.39 is 17.8 Å². The zero-order chi connectivity index (χ0) is 19.5. The van der Waals surface area contributed by atoms with Crippen LogP contribution >= 0.6 is 0 Å². The molecule has 28 heavy (non-hydrogen) atoms. The van der Waals surface area contributed by atoms with Crippen LogP contribution < -0.4 is 10.6 Å². The molecule has 7 heteroatoms. The average Bonchev–Trinajstić information content (AvgIpc) is 3.01. The van der Waals surface area contributed by atoms with E-state index in [0.29, 0.717) is 16.9 Å². The van der Waals surface area contributed by atoms with E-state index in [-0.39, 0.29) is 11.1 Å². The summed E-state index contributed by atoms with van der Waals surface area (Å²) in [7, 11) is 0. The van der Waals surface area contributed by atoms with Gasteiger partial charge in [-0.1, -0.05) is 36.4 Å². The smallest absolute Gasteiger partial charge is 0.333 e. The summed E-state index contributed by atoms with van der Waals surface area (Å²) < 4.78 is 1.04.